The molecule has 3 aromatic rings. The summed E-state index contributed by atoms with van der Waals surface area (Å²) in [6.07, 6.45) is 0. The Hall–Kier alpha value is -2.21. The maximum Gasteiger partial charge on any atom is 0.371 e. The minimum Gasteiger partial charge on any atom is -0.475 e. The van der Waals surface area contributed by atoms with E-state index >= 15 is 0 Å². The molecule has 6 heteroatoms. The second-order valence-electron chi connectivity index (χ2n) is 3.51. The molecule has 1 N–H and O–H groups in total. The number of nitrogens with zero attached hydrogens (tertiary/aromatic N) is 1. The molecule has 3 rings (SSSR count). The van der Waals surface area contributed by atoms with E-state index in [0.717, 1.165) is 5.39 Å². The summed E-state index contributed by atoms with van der Waals surface area (Å²) in [4.78, 5) is 10.7. The first-order chi connectivity index (χ1) is 8.74. The molecule has 0 saturated carbocycles. The molecule has 0 saturated heterocycles. The van der Waals surface area contributed by atoms with Gasteiger partial charge in [0.1, 0.15) is 0 Å². The number of carboxylic acids is 1. The molecule has 90 valence electrons. The standard InChI is InChI=1S/C12H7NO4S/c14-12(15)9-5-6-10(16-9)18-11-7-3-1-2-4-8(7)17-13-11/h1-6H,(H,14,15). The number of furan rings is 1. The lowest BCUT2D eigenvalue weighted by Gasteiger charge is -1.92. The van der Waals surface area contributed by atoms with Crippen LogP contribution in [0, 0.1) is 0 Å². The zero-order chi connectivity index (χ0) is 12.5. The molecule has 5 nitrogen and oxygen atoms in total. The maximum atomic E-state index is 10.7. The monoisotopic (exact) mass is 261 g/mol. The average molecular weight is 261 g/mol. The lowest BCUT2D eigenvalue weighted by Crippen LogP contribution is -1.91. The highest BCUT2D eigenvalue weighted by Gasteiger charge is 2.13. The Morgan fingerprint density at radius 3 is 2.83 bits per heavy atom. The number of rotatable bonds is 3. The highest BCUT2D eigenvalue weighted by molar-refractivity contribution is 7.99. The number of fused-ring (bicyclic) bond motifs is 1. The van der Waals surface area contributed by atoms with Crippen molar-refractivity contribution in [2.24, 2.45) is 0 Å². The molecule has 18 heavy (non-hydrogen) atoms. The quantitative estimate of drug-likeness (QED) is 0.779. The van der Waals surface area contributed by atoms with Crippen LogP contribution in [0.1, 0.15) is 10.6 Å². The fourth-order valence-corrected chi connectivity index (χ4v) is 2.33. The number of hydrogen-bond acceptors (Lipinski definition) is 5. The van der Waals surface area contributed by atoms with Gasteiger partial charge in [-0.2, -0.15) is 0 Å². The van der Waals surface area contributed by atoms with Crippen LogP contribution in [0.5, 0.6) is 0 Å². The van der Waals surface area contributed by atoms with Crippen LogP contribution in [-0.4, -0.2) is 16.2 Å². The van der Waals surface area contributed by atoms with Gasteiger partial charge < -0.3 is 14.0 Å². The molecule has 2 aromatic heterocycles. The molecule has 0 aliphatic rings. The van der Waals surface area contributed by atoms with Crippen molar-refractivity contribution >= 4 is 28.7 Å². The predicted octanol–water partition coefficient (Wildman–Crippen LogP) is 3.27. The largest absolute Gasteiger partial charge is 0.475 e. The minimum atomic E-state index is -1.09. The van der Waals surface area contributed by atoms with E-state index in [1.165, 1.54) is 17.8 Å². The highest BCUT2D eigenvalue weighted by atomic mass is 32.2. The van der Waals surface area contributed by atoms with Gasteiger partial charge >= 0.3 is 5.97 Å². The lowest BCUT2D eigenvalue weighted by atomic mass is 10.3. The average Bonchev–Trinajstić information content (AvgIpc) is 2.98. The molecule has 2 heterocycles. The maximum absolute atomic E-state index is 10.7. The van der Waals surface area contributed by atoms with Crippen LogP contribution in [0.3, 0.4) is 0 Å². The van der Waals surface area contributed by atoms with Crippen LogP contribution >= 0.6 is 11.8 Å². The van der Waals surface area contributed by atoms with E-state index in [2.05, 4.69) is 5.16 Å². The summed E-state index contributed by atoms with van der Waals surface area (Å²) in [5.41, 5.74) is 0.685. The number of benzene rings is 1. The van der Waals surface area contributed by atoms with Gasteiger partial charge in [0.15, 0.2) is 15.7 Å². The van der Waals surface area contributed by atoms with Crippen molar-refractivity contribution in [2.45, 2.75) is 10.1 Å². The predicted molar refractivity (Wildman–Crippen MR) is 63.8 cm³/mol. The molecule has 0 fully saturated rings. The number of carbonyl (C=O) groups is 1. The molecule has 0 bridgehead atoms. The molecule has 0 spiro atoms. The van der Waals surface area contributed by atoms with E-state index in [1.807, 2.05) is 24.3 Å². The lowest BCUT2D eigenvalue weighted by molar-refractivity contribution is 0.0656. The fraction of sp³-hybridized carbons (Fsp3) is 0. The van der Waals surface area contributed by atoms with Gasteiger partial charge in [0.05, 0.1) is 5.39 Å². The topological polar surface area (TPSA) is 76.5 Å². The normalized spacial score (nSPS) is 10.9. The van der Waals surface area contributed by atoms with Gasteiger partial charge in [-0.05, 0) is 36.0 Å². The number of aromatic carboxylic acids is 1. The Balaban J connectivity index is 1.93. The van der Waals surface area contributed by atoms with Gasteiger partial charge in [0.25, 0.3) is 0 Å². The third kappa shape index (κ3) is 1.86. The van der Waals surface area contributed by atoms with Crippen LogP contribution < -0.4 is 0 Å². The van der Waals surface area contributed by atoms with Crippen LogP contribution in [-0.2, 0) is 0 Å². The summed E-state index contributed by atoms with van der Waals surface area (Å²) in [6, 6.07) is 10.4. The Kier molecular flexibility index (Phi) is 2.56. The molecule has 0 unspecified atom stereocenters. The van der Waals surface area contributed by atoms with Crippen molar-refractivity contribution in [3.8, 4) is 0 Å². The third-order valence-electron chi connectivity index (χ3n) is 2.33. The number of aromatic nitrogens is 1. The van der Waals surface area contributed by atoms with E-state index in [0.29, 0.717) is 15.7 Å². The fourth-order valence-electron chi connectivity index (χ4n) is 1.52. The number of hydrogen-bond donors (Lipinski definition) is 1. The van der Waals surface area contributed by atoms with Crippen molar-refractivity contribution in [3.05, 3.63) is 42.2 Å². The van der Waals surface area contributed by atoms with E-state index in [4.69, 9.17) is 14.0 Å². The third-order valence-corrected chi connectivity index (χ3v) is 3.24. The summed E-state index contributed by atoms with van der Waals surface area (Å²) in [6.45, 7) is 0. The van der Waals surface area contributed by atoms with Crippen molar-refractivity contribution in [1.82, 2.24) is 5.16 Å². The van der Waals surface area contributed by atoms with E-state index in [9.17, 15) is 4.79 Å². The van der Waals surface area contributed by atoms with Crippen molar-refractivity contribution in [2.75, 3.05) is 0 Å². The smallest absolute Gasteiger partial charge is 0.371 e. The van der Waals surface area contributed by atoms with Gasteiger partial charge in [-0.1, -0.05) is 17.3 Å². The van der Waals surface area contributed by atoms with Crippen molar-refractivity contribution in [1.29, 1.82) is 0 Å². The molecular formula is C12H7NO4S. The Labute approximate surface area is 105 Å². The Morgan fingerprint density at radius 2 is 2.06 bits per heavy atom. The molecule has 0 aliphatic heterocycles. The summed E-state index contributed by atoms with van der Waals surface area (Å²) in [5.74, 6) is -1.18. The molecule has 0 aliphatic carbocycles. The molecule has 0 amide bonds. The summed E-state index contributed by atoms with van der Waals surface area (Å²) in [7, 11) is 0. The SMILES string of the molecule is O=C(O)c1ccc(Sc2noc3ccccc23)o1. The van der Waals surface area contributed by atoms with Gasteiger partial charge in [-0.25, -0.2) is 4.79 Å². The second-order valence-corrected chi connectivity index (χ2v) is 4.50. The van der Waals surface area contributed by atoms with Crippen LogP contribution in [0.15, 0.2) is 55.5 Å². The molecule has 0 radical (unpaired) electrons. The van der Waals surface area contributed by atoms with E-state index < -0.39 is 5.97 Å². The zero-order valence-electron chi connectivity index (χ0n) is 8.99. The number of para-hydroxylation sites is 1. The Bertz CT molecular complexity index is 716. The number of carboxylic acid groups (broad SMARTS) is 1. The van der Waals surface area contributed by atoms with Crippen LogP contribution in [0.25, 0.3) is 11.0 Å². The van der Waals surface area contributed by atoms with Gasteiger partial charge in [0.2, 0.25) is 5.76 Å². The van der Waals surface area contributed by atoms with Gasteiger partial charge in [0, 0.05) is 0 Å². The van der Waals surface area contributed by atoms with Crippen LogP contribution in [0.2, 0.25) is 0 Å². The second kappa shape index (κ2) is 4.23. The molecule has 0 atom stereocenters. The first-order valence-corrected chi connectivity index (χ1v) is 5.91. The van der Waals surface area contributed by atoms with Gasteiger partial charge in [-0.15, -0.1) is 0 Å². The van der Waals surface area contributed by atoms with Crippen molar-refractivity contribution in [3.63, 3.8) is 0 Å². The first kappa shape index (κ1) is 10.9. The Morgan fingerprint density at radius 1 is 1.22 bits per heavy atom. The van der Waals surface area contributed by atoms with Gasteiger partial charge in [-0.3, -0.25) is 0 Å². The van der Waals surface area contributed by atoms with Crippen LogP contribution in [0.4, 0.5) is 0 Å². The highest BCUT2D eigenvalue weighted by Crippen LogP contribution is 2.33. The van der Waals surface area contributed by atoms with E-state index in [1.54, 1.807) is 6.07 Å². The molecule has 1 aromatic carbocycles. The first-order valence-electron chi connectivity index (χ1n) is 5.09. The summed E-state index contributed by atoms with van der Waals surface area (Å²) < 4.78 is 10.3. The summed E-state index contributed by atoms with van der Waals surface area (Å²) >= 11 is 1.23. The summed E-state index contributed by atoms with van der Waals surface area (Å²) in [5, 5.41) is 14.7. The minimum absolute atomic E-state index is 0.0923. The molecular weight excluding hydrogens is 254 g/mol. The van der Waals surface area contributed by atoms with Crippen molar-refractivity contribution < 1.29 is 18.8 Å². The zero-order valence-corrected chi connectivity index (χ0v) is 9.81. The van der Waals surface area contributed by atoms with E-state index in [-0.39, 0.29) is 5.76 Å².